The number of hydrogen-bond donors (Lipinski definition) is 2. The Balaban J connectivity index is 1.52. The maximum Gasteiger partial charge on any atom is 0.225 e. The number of piperidine rings is 2. The van der Waals surface area contributed by atoms with Crippen LogP contribution < -0.4 is 10.6 Å². The highest BCUT2D eigenvalue weighted by Crippen LogP contribution is 2.32. The molecule has 3 atom stereocenters. The van der Waals surface area contributed by atoms with Crippen molar-refractivity contribution < 1.29 is 9.53 Å². The summed E-state index contributed by atoms with van der Waals surface area (Å²) in [6, 6.07) is 1.14. The molecule has 3 saturated heterocycles. The minimum absolute atomic E-state index is 0.132. The van der Waals surface area contributed by atoms with E-state index in [1.807, 2.05) is 13.1 Å². The first-order valence-electron chi connectivity index (χ1n) is 17.4. The summed E-state index contributed by atoms with van der Waals surface area (Å²) >= 11 is 0. The van der Waals surface area contributed by atoms with Gasteiger partial charge in [0.15, 0.2) is 0 Å². The lowest BCUT2D eigenvalue weighted by Gasteiger charge is -2.46. The molecule has 9 nitrogen and oxygen atoms in total. The Bertz CT molecular complexity index is 832. The van der Waals surface area contributed by atoms with Crippen molar-refractivity contribution in [1.82, 2.24) is 25.3 Å². The van der Waals surface area contributed by atoms with Gasteiger partial charge in [-0.1, -0.05) is 32.1 Å². The number of carbonyl (C=O) groups is 1. The second kappa shape index (κ2) is 18.3. The standard InChI is InChI=1S/C33H61N7O2/c1-4-35-33(36-27(2)38-21-10-5-6-11-22-38)37-30-15-12-23-40(29-13-8-7-9-14-29)31(30)18-24-39(25-26-42-3)32(41)28-16-19-34-20-17-28/h4,27-31,34H,5-26H2,1-3H3,(H,36,37)/t27?,30-,31+/m0/s1. The Morgan fingerprint density at radius 3 is 2.38 bits per heavy atom. The number of amides is 1. The van der Waals surface area contributed by atoms with Crippen LogP contribution >= 0.6 is 0 Å². The number of hydrogen-bond acceptors (Lipinski definition) is 6. The molecule has 0 spiro atoms. The van der Waals surface area contributed by atoms with E-state index in [-0.39, 0.29) is 18.1 Å². The third-order valence-electron chi connectivity index (χ3n) is 10.2. The fourth-order valence-corrected chi connectivity index (χ4v) is 7.73. The molecule has 2 N–H and O–H groups in total. The third-order valence-corrected chi connectivity index (χ3v) is 10.2. The van der Waals surface area contributed by atoms with E-state index in [0.29, 0.717) is 31.1 Å². The maximum absolute atomic E-state index is 13.7. The first-order valence-corrected chi connectivity index (χ1v) is 17.4. The molecule has 3 aliphatic heterocycles. The lowest BCUT2D eigenvalue weighted by molar-refractivity contribution is -0.137. The summed E-state index contributed by atoms with van der Waals surface area (Å²) in [4.78, 5) is 31.3. The first kappa shape index (κ1) is 33.3. The maximum atomic E-state index is 13.7. The molecule has 1 unspecified atom stereocenters. The first-order chi connectivity index (χ1) is 20.6. The van der Waals surface area contributed by atoms with E-state index >= 15 is 0 Å². The number of ether oxygens (including phenoxy) is 1. The normalized spacial score (nSPS) is 27.2. The summed E-state index contributed by atoms with van der Waals surface area (Å²) < 4.78 is 5.45. The van der Waals surface area contributed by atoms with E-state index in [1.54, 1.807) is 7.11 Å². The lowest BCUT2D eigenvalue weighted by Crippen LogP contribution is -2.55. The van der Waals surface area contributed by atoms with Crippen LogP contribution in [0.1, 0.15) is 104 Å². The van der Waals surface area contributed by atoms with Crippen LogP contribution in [0.2, 0.25) is 0 Å². The summed E-state index contributed by atoms with van der Waals surface area (Å²) in [5.41, 5.74) is 0. The Kier molecular flexibility index (Phi) is 14.5. The molecule has 0 aromatic rings. The summed E-state index contributed by atoms with van der Waals surface area (Å²) in [6.07, 6.45) is 19.0. The number of likely N-dealkylation sites (tertiary alicyclic amines) is 2. The van der Waals surface area contributed by atoms with Crippen molar-refractivity contribution in [3.05, 3.63) is 0 Å². The predicted molar refractivity (Wildman–Crippen MR) is 173 cm³/mol. The molecular weight excluding hydrogens is 526 g/mol. The van der Waals surface area contributed by atoms with Gasteiger partial charge in [-0.15, -0.1) is 0 Å². The van der Waals surface area contributed by atoms with Gasteiger partial charge in [0.05, 0.1) is 18.8 Å². The van der Waals surface area contributed by atoms with Crippen LogP contribution in [0.4, 0.5) is 0 Å². The molecule has 1 aliphatic carbocycles. The van der Waals surface area contributed by atoms with Crippen LogP contribution in [0, 0.1) is 5.92 Å². The van der Waals surface area contributed by atoms with Gasteiger partial charge in [0, 0.05) is 57.5 Å². The Morgan fingerprint density at radius 1 is 0.976 bits per heavy atom. The van der Waals surface area contributed by atoms with Gasteiger partial charge < -0.3 is 20.3 Å². The zero-order valence-electron chi connectivity index (χ0n) is 27.1. The van der Waals surface area contributed by atoms with Gasteiger partial charge in [0.1, 0.15) is 0 Å². The highest BCUT2D eigenvalue weighted by molar-refractivity contribution is 5.87. The number of nitrogens with one attached hydrogen (secondary N) is 2. The second-order valence-electron chi connectivity index (χ2n) is 13.0. The number of rotatable bonds is 11. The van der Waals surface area contributed by atoms with Gasteiger partial charge in [-0.25, -0.2) is 9.98 Å². The smallest absolute Gasteiger partial charge is 0.225 e. The number of carbonyl (C=O) groups excluding carboxylic acids is 1. The van der Waals surface area contributed by atoms with Gasteiger partial charge in [-0.3, -0.25) is 14.6 Å². The second-order valence-corrected chi connectivity index (χ2v) is 13.0. The molecule has 1 amide bonds. The molecule has 4 rings (SSSR count). The molecule has 0 aromatic heterocycles. The van der Waals surface area contributed by atoms with Crippen molar-refractivity contribution in [2.45, 2.75) is 128 Å². The van der Waals surface area contributed by atoms with E-state index in [4.69, 9.17) is 14.7 Å². The average molecular weight is 588 g/mol. The van der Waals surface area contributed by atoms with Crippen molar-refractivity contribution in [2.24, 2.45) is 15.9 Å². The van der Waals surface area contributed by atoms with Gasteiger partial charge in [-0.05, 0) is 91.3 Å². The number of guanidine groups is 1. The molecule has 9 heteroatoms. The van der Waals surface area contributed by atoms with E-state index in [9.17, 15) is 4.79 Å². The zero-order chi connectivity index (χ0) is 29.6. The van der Waals surface area contributed by atoms with Gasteiger partial charge in [0.25, 0.3) is 0 Å². The number of methoxy groups -OCH3 is 1. The molecule has 4 fully saturated rings. The third kappa shape index (κ3) is 10.00. The Hall–Kier alpha value is -1.55. The fraction of sp³-hybridized carbons (Fsp3) is 0.909. The van der Waals surface area contributed by atoms with Crippen LogP contribution in [0.5, 0.6) is 0 Å². The van der Waals surface area contributed by atoms with Gasteiger partial charge in [0.2, 0.25) is 11.9 Å². The van der Waals surface area contributed by atoms with Crippen LogP contribution in [-0.2, 0) is 9.53 Å². The summed E-state index contributed by atoms with van der Waals surface area (Å²) in [5.74, 6) is 1.22. The van der Waals surface area contributed by atoms with Crippen molar-refractivity contribution in [1.29, 1.82) is 0 Å². The fourth-order valence-electron chi connectivity index (χ4n) is 7.73. The quantitative estimate of drug-likeness (QED) is 0.277. The molecule has 3 heterocycles. The molecular formula is C33H61N7O2. The van der Waals surface area contributed by atoms with Crippen LogP contribution in [0.15, 0.2) is 9.98 Å². The van der Waals surface area contributed by atoms with Crippen molar-refractivity contribution in [3.63, 3.8) is 0 Å². The monoisotopic (exact) mass is 587 g/mol. The SMILES string of the molecule is CC=NC(=N[C@H]1CCCN(C2CCCCC2)[C@@H]1CCN(CCOC)C(=O)C1CCNCC1)NC(C)N1CCCCCC1. The minimum atomic E-state index is 0.132. The van der Waals surface area contributed by atoms with Crippen LogP contribution in [0.25, 0.3) is 0 Å². The largest absolute Gasteiger partial charge is 0.383 e. The van der Waals surface area contributed by atoms with E-state index in [0.717, 1.165) is 70.9 Å². The topological polar surface area (TPSA) is 84.8 Å². The predicted octanol–water partition coefficient (Wildman–Crippen LogP) is 4.28. The van der Waals surface area contributed by atoms with E-state index in [2.05, 4.69) is 32.3 Å². The average Bonchev–Trinajstić information content (AvgIpc) is 3.32. The summed E-state index contributed by atoms with van der Waals surface area (Å²) in [5, 5.41) is 7.12. The van der Waals surface area contributed by atoms with Gasteiger partial charge >= 0.3 is 0 Å². The lowest BCUT2D eigenvalue weighted by atomic mass is 9.87. The molecule has 1 saturated carbocycles. The number of aliphatic imine (C=N–C) groups is 2. The van der Waals surface area contributed by atoms with Crippen molar-refractivity contribution >= 4 is 18.1 Å². The molecule has 0 aromatic carbocycles. The molecule has 42 heavy (non-hydrogen) atoms. The van der Waals surface area contributed by atoms with Crippen molar-refractivity contribution in [2.75, 3.05) is 59.5 Å². The highest BCUT2D eigenvalue weighted by Gasteiger charge is 2.37. The molecule has 0 radical (unpaired) electrons. The molecule has 4 aliphatic rings. The molecule has 240 valence electrons. The Labute approximate surface area is 256 Å². The Morgan fingerprint density at radius 2 is 1.69 bits per heavy atom. The van der Waals surface area contributed by atoms with Crippen LogP contribution in [0.3, 0.4) is 0 Å². The highest BCUT2D eigenvalue weighted by atomic mass is 16.5. The zero-order valence-corrected chi connectivity index (χ0v) is 27.1. The van der Waals surface area contributed by atoms with Gasteiger partial charge in [-0.2, -0.15) is 0 Å². The van der Waals surface area contributed by atoms with Crippen LogP contribution in [-0.4, -0.2) is 117 Å². The number of nitrogens with zero attached hydrogens (tertiary/aromatic N) is 5. The summed E-state index contributed by atoms with van der Waals surface area (Å²) in [7, 11) is 1.74. The van der Waals surface area contributed by atoms with E-state index < -0.39 is 0 Å². The summed E-state index contributed by atoms with van der Waals surface area (Å²) in [6.45, 7) is 11.6. The van der Waals surface area contributed by atoms with Crippen molar-refractivity contribution in [3.8, 4) is 0 Å². The van der Waals surface area contributed by atoms with E-state index in [1.165, 1.54) is 64.2 Å². The molecule has 0 bridgehead atoms. The minimum Gasteiger partial charge on any atom is -0.383 e.